The lowest BCUT2D eigenvalue weighted by atomic mass is 10.2. The topological polar surface area (TPSA) is 82.1 Å². The average Bonchev–Trinajstić information content (AvgIpc) is 3.08. The monoisotopic (exact) mass is 363 g/mol. The predicted octanol–water partition coefficient (Wildman–Crippen LogP) is 4.78. The molecule has 0 radical (unpaired) electrons. The Labute approximate surface area is 145 Å². The molecule has 2 aromatic carbocycles. The summed E-state index contributed by atoms with van der Waals surface area (Å²) in [6, 6.07) is 9.35. The fourth-order valence-corrected chi connectivity index (χ4v) is 2.97. The Morgan fingerprint density at radius 1 is 1.12 bits per heavy atom. The maximum absolute atomic E-state index is 13.3. The number of aromatic nitrogens is 2. The van der Waals surface area contributed by atoms with Crippen molar-refractivity contribution >= 4 is 17.4 Å². The van der Waals surface area contributed by atoms with Crippen LogP contribution in [0.25, 0.3) is 11.5 Å². The van der Waals surface area contributed by atoms with E-state index in [0.29, 0.717) is 16.3 Å². The van der Waals surface area contributed by atoms with E-state index in [-0.39, 0.29) is 16.8 Å². The van der Waals surface area contributed by atoms with Gasteiger partial charge < -0.3 is 4.42 Å². The fourth-order valence-electron chi connectivity index (χ4n) is 2.05. The molecule has 128 valence electrons. The zero-order valence-electron chi connectivity index (χ0n) is 12.8. The highest BCUT2D eigenvalue weighted by Crippen LogP contribution is 2.35. The zero-order valence-corrected chi connectivity index (χ0v) is 13.7. The van der Waals surface area contributed by atoms with Crippen molar-refractivity contribution in [2.45, 2.75) is 17.1 Å². The van der Waals surface area contributed by atoms with Crippen LogP contribution in [0.2, 0.25) is 0 Å². The van der Waals surface area contributed by atoms with Crippen LogP contribution in [0.5, 0.6) is 0 Å². The number of rotatable bonds is 5. The first-order valence-electron chi connectivity index (χ1n) is 7.14. The van der Waals surface area contributed by atoms with E-state index in [1.54, 1.807) is 6.92 Å². The van der Waals surface area contributed by atoms with Gasteiger partial charge >= 0.3 is 0 Å². The Bertz CT molecular complexity index is 915. The van der Waals surface area contributed by atoms with E-state index < -0.39 is 16.6 Å². The first-order valence-corrected chi connectivity index (χ1v) is 8.02. The average molecular weight is 363 g/mol. The summed E-state index contributed by atoms with van der Waals surface area (Å²) in [4.78, 5) is 10.7. The first kappa shape index (κ1) is 17.0. The number of thioether (sulfide) groups is 1. The molecule has 0 spiro atoms. The van der Waals surface area contributed by atoms with Crippen LogP contribution >= 0.6 is 11.8 Å². The standard InChI is InChI=1S/C16H11F2N3O3S/c1-9(25-12-6-7-13(17)14(18)8-12)15-19-20-16(24-15)10-2-4-11(5-3-10)21(22)23/h2-9H,1H3/t9-/m1/s1. The van der Waals surface area contributed by atoms with Gasteiger partial charge in [-0.2, -0.15) is 0 Å². The molecule has 3 aromatic rings. The highest BCUT2D eigenvalue weighted by atomic mass is 32.2. The number of hydrogen-bond donors (Lipinski definition) is 0. The minimum atomic E-state index is -0.922. The van der Waals surface area contributed by atoms with Gasteiger partial charge in [-0.1, -0.05) is 0 Å². The van der Waals surface area contributed by atoms with E-state index in [0.717, 1.165) is 12.1 Å². The van der Waals surface area contributed by atoms with E-state index in [4.69, 9.17) is 4.42 Å². The van der Waals surface area contributed by atoms with E-state index >= 15 is 0 Å². The molecule has 0 aliphatic carbocycles. The predicted molar refractivity (Wildman–Crippen MR) is 87.0 cm³/mol. The van der Waals surface area contributed by atoms with Crippen LogP contribution in [0.15, 0.2) is 51.8 Å². The van der Waals surface area contributed by atoms with Crippen molar-refractivity contribution in [3.05, 3.63) is 70.1 Å². The lowest BCUT2D eigenvalue weighted by Gasteiger charge is -2.06. The molecule has 1 aromatic heterocycles. The van der Waals surface area contributed by atoms with Crippen molar-refractivity contribution in [2.24, 2.45) is 0 Å². The van der Waals surface area contributed by atoms with Crippen LogP contribution in [0.3, 0.4) is 0 Å². The molecule has 0 aliphatic rings. The summed E-state index contributed by atoms with van der Waals surface area (Å²) in [7, 11) is 0. The number of nitro benzene ring substituents is 1. The first-order chi connectivity index (χ1) is 11.9. The molecule has 0 fully saturated rings. The molecule has 25 heavy (non-hydrogen) atoms. The van der Waals surface area contributed by atoms with Crippen LogP contribution in [-0.2, 0) is 0 Å². The number of nitrogens with zero attached hydrogens (tertiary/aromatic N) is 3. The highest BCUT2D eigenvalue weighted by molar-refractivity contribution is 7.99. The normalized spacial score (nSPS) is 12.1. The second-order valence-corrected chi connectivity index (χ2v) is 6.50. The molecule has 1 heterocycles. The Morgan fingerprint density at radius 2 is 1.84 bits per heavy atom. The number of non-ortho nitro benzene ring substituents is 1. The number of nitro groups is 1. The molecule has 0 N–H and O–H groups in total. The van der Waals surface area contributed by atoms with Gasteiger partial charge in [0, 0.05) is 22.6 Å². The summed E-state index contributed by atoms with van der Waals surface area (Å²) in [6.07, 6.45) is 0. The van der Waals surface area contributed by atoms with E-state index in [1.807, 2.05) is 0 Å². The maximum atomic E-state index is 13.3. The lowest BCUT2D eigenvalue weighted by molar-refractivity contribution is -0.384. The molecule has 9 heteroatoms. The largest absolute Gasteiger partial charge is 0.419 e. The lowest BCUT2D eigenvalue weighted by Crippen LogP contribution is -1.90. The smallest absolute Gasteiger partial charge is 0.269 e. The summed E-state index contributed by atoms with van der Waals surface area (Å²) in [5, 5.41) is 18.2. The summed E-state index contributed by atoms with van der Waals surface area (Å²) in [6.45, 7) is 1.79. The van der Waals surface area contributed by atoms with Gasteiger partial charge in [-0.3, -0.25) is 10.1 Å². The second-order valence-electron chi connectivity index (χ2n) is 5.09. The van der Waals surface area contributed by atoms with Gasteiger partial charge in [0.25, 0.3) is 5.69 Å². The summed E-state index contributed by atoms with van der Waals surface area (Å²) < 4.78 is 31.8. The SMILES string of the molecule is C[C@@H](Sc1ccc(F)c(F)c1)c1nnc(-c2ccc([N+](=O)[O-])cc2)o1. The van der Waals surface area contributed by atoms with Gasteiger partial charge in [0.15, 0.2) is 11.6 Å². The van der Waals surface area contributed by atoms with Crippen LogP contribution in [-0.4, -0.2) is 15.1 Å². The van der Waals surface area contributed by atoms with E-state index in [9.17, 15) is 18.9 Å². The van der Waals surface area contributed by atoms with Crippen molar-refractivity contribution < 1.29 is 18.1 Å². The van der Waals surface area contributed by atoms with Crippen LogP contribution in [0, 0.1) is 21.7 Å². The van der Waals surface area contributed by atoms with Crippen molar-refractivity contribution in [3.63, 3.8) is 0 Å². The van der Waals surface area contributed by atoms with Crippen molar-refractivity contribution in [1.82, 2.24) is 10.2 Å². The molecule has 0 amide bonds. The third-order valence-electron chi connectivity index (χ3n) is 3.32. The molecule has 0 bridgehead atoms. The van der Waals surface area contributed by atoms with E-state index in [2.05, 4.69) is 10.2 Å². The molecular formula is C16H11F2N3O3S. The fraction of sp³-hybridized carbons (Fsp3) is 0.125. The van der Waals surface area contributed by atoms with Gasteiger partial charge in [0.05, 0.1) is 10.2 Å². The van der Waals surface area contributed by atoms with Gasteiger partial charge in [0.2, 0.25) is 11.8 Å². The summed E-state index contributed by atoms with van der Waals surface area (Å²) >= 11 is 1.24. The van der Waals surface area contributed by atoms with Gasteiger partial charge in [-0.25, -0.2) is 8.78 Å². The molecule has 0 saturated carbocycles. The molecule has 0 aliphatic heterocycles. The minimum absolute atomic E-state index is 0.0363. The van der Waals surface area contributed by atoms with Crippen LogP contribution in [0.1, 0.15) is 18.1 Å². The van der Waals surface area contributed by atoms with Crippen molar-refractivity contribution in [1.29, 1.82) is 0 Å². The third-order valence-corrected chi connectivity index (χ3v) is 4.40. The van der Waals surface area contributed by atoms with Gasteiger partial charge in [0.1, 0.15) is 0 Å². The Kier molecular flexibility index (Phi) is 4.75. The molecule has 0 saturated heterocycles. The Balaban J connectivity index is 1.75. The van der Waals surface area contributed by atoms with E-state index in [1.165, 1.54) is 42.1 Å². The van der Waals surface area contributed by atoms with Crippen LogP contribution < -0.4 is 0 Å². The Hall–Kier alpha value is -2.81. The molecule has 3 rings (SSSR count). The van der Waals surface area contributed by atoms with Crippen LogP contribution in [0.4, 0.5) is 14.5 Å². The zero-order chi connectivity index (χ0) is 18.0. The van der Waals surface area contributed by atoms with Crippen molar-refractivity contribution in [2.75, 3.05) is 0 Å². The third kappa shape index (κ3) is 3.82. The highest BCUT2D eigenvalue weighted by Gasteiger charge is 2.17. The molecule has 0 unspecified atom stereocenters. The minimum Gasteiger partial charge on any atom is -0.419 e. The maximum Gasteiger partial charge on any atom is 0.269 e. The second kappa shape index (κ2) is 6.98. The van der Waals surface area contributed by atoms with Gasteiger partial charge in [-0.15, -0.1) is 22.0 Å². The number of benzene rings is 2. The van der Waals surface area contributed by atoms with Gasteiger partial charge in [-0.05, 0) is 37.3 Å². The number of halogens is 2. The molecule has 1 atom stereocenters. The molecule has 6 nitrogen and oxygen atoms in total. The Morgan fingerprint density at radius 3 is 2.48 bits per heavy atom. The molecular weight excluding hydrogens is 352 g/mol. The van der Waals surface area contributed by atoms with Crippen molar-refractivity contribution in [3.8, 4) is 11.5 Å². The summed E-state index contributed by atoms with van der Waals surface area (Å²) in [5.41, 5.74) is 0.514. The quantitative estimate of drug-likeness (QED) is 0.369. The number of hydrogen-bond acceptors (Lipinski definition) is 6. The summed E-state index contributed by atoms with van der Waals surface area (Å²) in [5.74, 6) is -1.30.